The van der Waals surface area contributed by atoms with Gasteiger partial charge in [0.25, 0.3) is 0 Å². The SMILES string of the molecule is O=[N+]([O-])c1c(O)ccnc1NCC(F)(F)c1ccccn1. The van der Waals surface area contributed by atoms with Crippen LogP contribution in [0.25, 0.3) is 0 Å². The molecule has 0 aromatic carbocycles. The number of hydrogen-bond acceptors (Lipinski definition) is 6. The third-order valence-corrected chi connectivity index (χ3v) is 2.60. The van der Waals surface area contributed by atoms with Crippen LogP contribution in [0.1, 0.15) is 5.69 Å². The van der Waals surface area contributed by atoms with Crippen LogP contribution in [-0.4, -0.2) is 26.5 Å². The second kappa shape index (κ2) is 5.65. The number of hydrogen-bond donors (Lipinski definition) is 2. The minimum atomic E-state index is -3.34. The molecule has 0 fully saturated rings. The Morgan fingerprint density at radius 1 is 1.29 bits per heavy atom. The number of halogens is 2. The molecule has 0 aliphatic heterocycles. The minimum absolute atomic E-state index is 0.435. The first kappa shape index (κ1) is 14.6. The summed E-state index contributed by atoms with van der Waals surface area (Å²) in [5.74, 6) is -4.43. The molecule has 0 amide bonds. The third kappa shape index (κ3) is 3.19. The molecular weight excluding hydrogens is 286 g/mol. The third-order valence-electron chi connectivity index (χ3n) is 2.60. The molecule has 0 aliphatic rings. The number of nitrogens with zero attached hydrogens (tertiary/aromatic N) is 3. The summed E-state index contributed by atoms with van der Waals surface area (Å²) in [6.45, 7) is -0.943. The highest BCUT2D eigenvalue weighted by Crippen LogP contribution is 2.33. The summed E-state index contributed by atoms with van der Waals surface area (Å²) in [5.41, 5.74) is -1.23. The Hall–Kier alpha value is -2.84. The van der Waals surface area contributed by atoms with Crippen molar-refractivity contribution in [1.29, 1.82) is 0 Å². The molecule has 2 N–H and O–H groups in total. The van der Waals surface area contributed by atoms with Crippen LogP contribution in [0.3, 0.4) is 0 Å². The number of rotatable bonds is 5. The van der Waals surface area contributed by atoms with Crippen LogP contribution >= 0.6 is 0 Å². The van der Waals surface area contributed by atoms with Crippen molar-refractivity contribution >= 4 is 11.5 Å². The summed E-state index contributed by atoms with van der Waals surface area (Å²) in [7, 11) is 0. The van der Waals surface area contributed by atoms with Gasteiger partial charge in [-0.3, -0.25) is 15.1 Å². The molecule has 0 radical (unpaired) electrons. The molecular formula is C12H10F2N4O3. The summed E-state index contributed by atoms with van der Waals surface area (Å²) >= 11 is 0. The highest BCUT2D eigenvalue weighted by molar-refractivity contribution is 5.63. The van der Waals surface area contributed by atoms with Gasteiger partial charge in [-0.1, -0.05) is 6.07 Å². The lowest BCUT2D eigenvalue weighted by atomic mass is 10.2. The maximum absolute atomic E-state index is 13.9. The van der Waals surface area contributed by atoms with Crippen molar-refractivity contribution in [1.82, 2.24) is 9.97 Å². The van der Waals surface area contributed by atoms with E-state index in [4.69, 9.17) is 0 Å². The van der Waals surface area contributed by atoms with Crippen molar-refractivity contribution in [3.8, 4) is 5.75 Å². The standard InChI is InChI=1S/C12H10F2N4O3/c13-12(14,9-3-1-2-5-15-9)7-17-11-10(18(20)21)8(19)4-6-16-11/h1-6H,7H2,(H2,16,17,19). The van der Waals surface area contributed by atoms with Crippen LogP contribution in [0, 0.1) is 10.1 Å². The van der Waals surface area contributed by atoms with Crippen LogP contribution in [0.5, 0.6) is 5.75 Å². The fourth-order valence-corrected chi connectivity index (χ4v) is 1.62. The molecule has 110 valence electrons. The quantitative estimate of drug-likeness (QED) is 0.648. The maximum Gasteiger partial charge on any atom is 0.352 e. The van der Waals surface area contributed by atoms with Crippen molar-refractivity contribution in [3.63, 3.8) is 0 Å². The molecule has 0 bridgehead atoms. The highest BCUT2D eigenvalue weighted by atomic mass is 19.3. The van der Waals surface area contributed by atoms with E-state index in [0.717, 1.165) is 18.3 Å². The van der Waals surface area contributed by atoms with E-state index >= 15 is 0 Å². The molecule has 0 spiro atoms. The Balaban J connectivity index is 2.21. The summed E-state index contributed by atoms with van der Waals surface area (Å²) in [6, 6.07) is 5.05. The molecule has 0 aliphatic carbocycles. The lowest BCUT2D eigenvalue weighted by molar-refractivity contribution is -0.385. The number of anilines is 1. The van der Waals surface area contributed by atoms with Gasteiger partial charge < -0.3 is 10.4 Å². The topological polar surface area (TPSA) is 101 Å². The Morgan fingerprint density at radius 2 is 2.05 bits per heavy atom. The van der Waals surface area contributed by atoms with E-state index < -0.39 is 40.3 Å². The smallest absolute Gasteiger partial charge is 0.352 e. The van der Waals surface area contributed by atoms with Gasteiger partial charge in [-0.05, 0) is 12.1 Å². The molecule has 0 atom stereocenters. The van der Waals surface area contributed by atoms with Gasteiger partial charge in [-0.15, -0.1) is 0 Å². The summed E-state index contributed by atoms with van der Waals surface area (Å²) in [6.07, 6.45) is 2.29. The summed E-state index contributed by atoms with van der Waals surface area (Å²) in [4.78, 5) is 17.0. The molecule has 0 unspecified atom stereocenters. The molecule has 9 heteroatoms. The van der Waals surface area contributed by atoms with E-state index in [1.165, 1.54) is 18.3 Å². The van der Waals surface area contributed by atoms with Crippen LogP contribution in [0.2, 0.25) is 0 Å². The van der Waals surface area contributed by atoms with E-state index in [1.54, 1.807) is 0 Å². The zero-order valence-electron chi connectivity index (χ0n) is 10.5. The number of pyridine rings is 2. The van der Waals surface area contributed by atoms with Gasteiger partial charge in [0.1, 0.15) is 5.69 Å². The molecule has 2 aromatic rings. The predicted molar refractivity (Wildman–Crippen MR) is 69.2 cm³/mol. The Bertz CT molecular complexity index is 652. The zero-order valence-corrected chi connectivity index (χ0v) is 10.5. The molecule has 7 nitrogen and oxygen atoms in total. The number of alkyl halides is 2. The minimum Gasteiger partial charge on any atom is -0.502 e. The normalized spacial score (nSPS) is 11.1. The van der Waals surface area contributed by atoms with Crippen molar-refractivity contribution in [3.05, 3.63) is 52.5 Å². The predicted octanol–water partition coefficient (Wildman–Crippen LogP) is 2.29. The van der Waals surface area contributed by atoms with Gasteiger partial charge in [0.2, 0.25) is 5.82 Å². The van der Waals surface area contributed by atoms with Gasteiger partial charge >= 0.3 is 11.6 Å². The summed E-state index contributed by atoms with van der Waals surface area (Å²) < 4.78 is 27.8. The molecule has 0 saturated heterocycles. The van der Waals surface area contributed by atoms with Crippen molar-refractivity contribution in [2.24, 2.45) is 0 Å². The van der Waals surface area contributed by atoms with Crippen LogP contribution < -0.4 is 5.32 Å². The first-order valence-electron chi connectivity index (χ1n) is 5.77. The fourth-order valence-electron chi connectivity index (χ4n) is 1.62. The molecule has 21 heavy (non-hydrogen) atoms. The second-order valence-electron chi connectivity index (χ2n) is 4.06. The monoisotopic (exact) mass is 296 g/mol. The average Bonchev–Trinajstić information content (AvgIpc) is 2.46. The lowest BCUT2D eigenvalue weighted by Gasteiger charge is -2.16. The number of nitro groups is 1. The molecule has 2 rings (SSSR count). The Labute approximate surface area is 117 Å². The van der Waals surface area contributed by atoms with Crippen molar-refractivity contribution in [2.45, 2.75) is 5.92 Å². The van der Waals surface area contributed by atoms with E-state index in [1.807, 2.05) is 0 Å². The number of aromatic nitrogens is 2. The van der Waals surface area contributed by atoms with Gasteiger partial charge in [0.05, 0.1) is 11.5 Å². The van der Waals surface area contributed by atoms with E-state index in [-0.39, 0.29) is 0 Å². The largest absolute Gasteiger partial charge is 0.502 e. The first-order valence-corrected chi connectivity index (χ1v) is 5.77. The van der Waals surface area contributed by atoms with Crippen LogP contribution in [-0.2, 0) is 5.92 Å². The van der Waals surface area contributed by atoms with E-state index in [9.17, 15) is 24.0 Å². The van der Waals surface area contributed by atoms with E-state index in [0.29, 0.717) is 0 Å². The average molecular weight is 296 g/mol. The molecule has 0 saturated carbocycles. The maximum atomic E-state index is 13.9. The Kier molecular flexibility index (Phi) is 3.92. The number of aromatic hydroxyl groups is 1. The van der Waals surface area contributed by atoms with Gasteiger partial charge in [0, 0.05) is 18.5 Å². The zero-order chi connectivity index (χ0) is 15.5. The summed E-state index contributed by atoms with van der Waals surface area (Å²) in [5, 5.41) is 22.4. The van der Waals surface area contributed by atoms with Crippen molar-refractivity contribution < 1.29 is 18.8 Å². The van der Waals surface area contributed by atoms with E-state index in [2.05, 4.69) is 15.3 Å². The molecule has 2 aromatic heterocycles. The lowest BCUT2D eigenvalue weighted by Crippen LogP contribution is -2.26. The van der Waals surface area contributed by atoms with Gasteiger partial charge in [-0.25, -0.2) is 4.98 Å². The van der Waals surface area contributed by atoms with Gasteiger partial charge in [-0.2, -0.15) is 8.78 Å². The second-order valence-corrected chi connectivity index (χ2v) is 4.06. The highest BCUT2D eigenvalue weighted by Gasteiger charge is 2.34. The van der Waals surface area contributed by atoms with Crippen molar-refractivity contribution in [2.75, 3.05) is 11.9 Å². The van der Waals surface area contributed by atoms with Crippen LogP contribution in [0.4, 0.5) is 20.3 Å². The fraction of sp³-hybridized carbons (Fsp3) is 0.167. The Morgan fingerprint density at radius 3 is 2.67 bits per heavy atom. The van der Waals surface area contributed by atoms with Gasteiger partial charge in [0.15, 0.2) is 5.75 Å². The number of nitrogens with one attached hydrogen (secondary N) is 1. The molecule has 2 heterocycles. The van der Waals surface area contributed by atoms with Crippen LogP contribution in [0.15, 0.2) is 36.7 Å². The first-order chi connectivity index (χ1) is 9.92.